The van der Waals surface area contributed by atoms with Gasteiger partial charge in [0.2, 0.25) is 0 Å². The van der Waals surface area contributed by atoms with Crippen LogP contribution in [0.2, 0.25) is 0 Å². The Kier molecular flexibility index (Phi) is 7.02. The van der Waals surface area contributed by atoms with Gasteiger partial charge in [-0.15, -0.1) is 0 Å². The molecule has 5 nitrogen and oxygen atoms in total. The molecular weight excluding hydrogens is 270 g/mol. The second-order valence-corrected chi connectivity index (χ2v) is 5.22. The fraction of sp³-hybridized carbons (Fsp3) is 0.562. The molecule has 0 aliphatic carbocycles. The summed E-state index contributed by atoms with van der Waals surface area (Å²) in [4.78, 5) is 11.3. The Morgan fingerprint density at radius 3 is 2.62 bits per heavy atom. The van der Waals surface area contributed by atoms with Gasteiger partial charge in [0.05, 0.1) is 7.11 Å². The van der Waals surface area contributed by atoms with E-state index < -0.39 is 12.1 Å². The topological polar surface area (TPSA) is 67.8 Å². The summed E-state index contributed by atoms with van der Waals surface area (Å²) in [5.41, 5.74) is 0.894. The molecule has 1 unspecified atom stereocenters. The molecule has 1 atom stereocenters. The number of carbonyl (C=O) groups is 1. The SMILES string of the molecule is CCCC(Oc1c(CNC(C)C)cccc1OC)C(=O)O. The van der Waals surface area contributed by atoms with Gasteiger partial charge in [0, 0.05) is 18.2 Å². The minimum absolute atomic E-state index is 0.329. The Balaban J connectivity index is 3.02. The normalized spacial score (nSPS) is 12.2. The summed E-state index contributed by atoms with van der Waals surface area (Å²) < 4.78 is 11.0. The van der Waals surface area contributed by atoms with Crippen LogP contribution in [0.5, 0.6) is 11.5 Å². The van der Waals surface area contributed by atoms with E-state index in [9.17, 15) is 9.90 Å². The first-order valence-electron chi connectivity index (χ1n) is 7.28. The summed E-state index contributed by atoms with van der Waals surface area (Å²) >= 11 is 0. The number of hydrogen-bond donors (Lipinski definition) is 2. The average molecular weight is 295 g/mol. The molecular formula is C16H25NO4. The first-order valence-corrected chi connectivity index (χ1v) is 7.28. The van der Waals surface area contributed by atoms with Crippen molar-refractivity contribution in [1.29, 1.82) is 0 Å². The lowest BCUT2D eigenvalue weighted by atomic mass is 10.1. The van der Waals surface area contributed by atoms with Gasteiger partial charge >= 0.3 is 5.97 Å². The Labute approximate surface area is 126 Å². The number of benzene rings is 1. The zero-order chi connectivity index (χ0) is 15.8. The number of rotatable bonds is 9. The van der Waals surface area contributed by atoms with Gasteiger partial charge < -0.3 is 19.9 Å². The first-order chi connectivity index (χ1) is 9.99. The maximum atomic E-state index is 11.3. The quantitative estimate of drug-likeness (QED) is 0.733. The third kappa shape index (κ3) is 5.27. The fourth-order valence-corrected chi connectivity index (χ4v) is 1.95. The van der Waals surface area contributed by atoms with E-state index in [-0.39, 0.29) is 0 Å². The average Bonchev–Trinajstić information content (AvgIpc) is 2.45. The minimum atomic E-state index is -0.953. The van der Waals surface area contributed by atoms with Crippen LogP contribution < -0.4 is 14.8 Å². The number of aliphatic carboxylic acids is 1. The second kappa shape index (κ2) is 8.52. The molecule has 0 aromatic heterocycles. The predicted molar refractivity (Wildman–Crippen MR) is 81.9 cm³/mol. The monoisotopic (exact) mass is 295 g/mol. The standard InChI is InChI=1S/C16H25NO4/c1-5-7-14(16(18)19)21-15-12(10-17-11(2)3)8-6-9-13(15)20-4/h6,8-9,11,14,17H,5,7,10H2,1-4H3,(H,18,19). The second-order valence-electron chi connectivity index (χ2n) is 5.22. The summed E-state index contributed by atoms with van der Waals surface area (Å²) in [6, 6.07) is 5.89. The van der Waals surface area contributed by atoms with Gasteiger partial charge in [0.25, 0.3) is 0 Å². The number of nitrogens with one attached hydrogen (secondary N) is 1. The highest BCUT2D eigenvalue weighted by Gasteiger charge is 2.22. The molecule has 0 saturated heterocycles. The highest BCUT2D eigenvalue weighted by atomic mass is 16.5. The third-order valence-electron chi connectivity index (χ3n) is 3.07. The summed E-state index contributed by atoms with van der Waals surface area (Å²) in [7, 11) is 1.55. The van der Waals surface area contributed by atoms with E-state index in [1.807, 2.05) is 19.1 Å². The van der Waals surface area contributed by atoms with Gasteiger partial charge in [0.1, 0.15) is 0 Å². The molecule has 0 heterocycles. The zero-order valence-electron chi connectivity index (χ0n) is 13.2. The van der Waals surface area contributed by atoms with Crippen molar-refractivity contribution in [3.8, 4) is 11.5 Å². The molecule has 0 amide bonds. The van der Waals surface area contributed by atoms with E-state index in [0.717, 1.165) is 12.0 Å². The highest BCUT2D eigenvalue weighted by molar-refractivity contribution is 5.73. The molecule has 0 fully saturated rings. The molecule has 5 heteroatoms. The van der Waals surface area contributed by atoms with E-state index in [1.165, 1.54) is 0 Å². The fourth-order valence-electron chi connectivity index (χ4n) is 1.95. The van der Waals surface area contributed by atoms with Crippen LogP contribution >= 0.6 is 0 Å². The predicted octanol–water partition coefficient (Wildman–Crippen LogP) is 2.83. The lowest BCUT2D eigenvalue weighted by molar-refractivity contribution is -0.145. The zero-order valence-corrected chi connectivity index (χ0v) is 13.2. The molecule has 1 aromatic carbocycles. The number of ether oxygens (including phenoxy) is 2. The molecule has 1 aromatic rings. The van der Waals surface area contributed by atoms with E-state index in [2.05, 4.69) is 19.2 Å². The van der Waals surface area contributed by atoms with Gasteiger partial charge in [-0.05, 0) is 12.5 Å². The molecule has 118 valence electrons. The Morgan fingerprint density at radius 1 is 1.38 bits per heavy atom. The van der Waals surface area contributed by atoms with Crippen LogP contribution in [-0.4, -0.2) is 30.3 Å². The van der Waals surface area contributed by atoms with Crippen molar-refractivity contribution in [3.05, 3.63) is 23.8 Å². The molecule has 0 bridgehead atoms. The molecule has 21 heavy (non-hydrogen) atoms. The maximum absolute atomic E-state index is 11.3. The van der Waals surface area contributed by atoms with E-state index in [1.54, 1.807) is 13.2 Å². The van der Waals surface area contributed by atoms with Crippen molar-refractivity contribution in [2.75, 3.05) is 7.11 Å². The largest absolute Gasteiger partial charge is 0.493 e. The molecule has 0 aliphatic rings. The minimum Gasteiger partial charge on any atom is -0.493 e. The van der Waals surface area contributed by atoms with Crippen LogP contribution in [0.4, 0.5) is 0 Å². The Hall–Kier alpha value is -1.75. The van der Waals surface area contributed by atoms with Crippen LogP contribution in [0, 0.1) is 0 Å². The van der Waals surface area contributed by atoms with E-state index in [4.69, 9.17) is 9.47 Å². The maximum Gasteiger partial charge on any atom is 0.344 e. The molecule has 0 aliphatic heterocycles. The van der Waals surface area contributed by atoms with Gasteiger partial charge in [-0.1, -0.05) is 39.3 Å². The Morgan fingerprint density at radius 2 is 2.10 bits per heavy atom. The molecule has 2 N–H and O–H groups in total. The number of carboxylic acids is 1. The lowest BCUT2D eigenvalue weighted by Crippen LogP contribution is -2.28. The summed E-state index contributed by atoms with van der Waals surface area (Å²) in [6.07, 6.45) is 0.347. The van der Waals surface area contributed by atoms with Crippen LogP contribution in [0.25, 0.3) is 0 Å². The third-order valence-corrected chi connectivity index (χ3v) is 3.07. The number of methoxy groups -OCH3 is 1. The van der Waals surface area contributed by atoms with Crippen LogP contribution in [0.15, 0.2) is 18.2 Å². The van der Waals surface area contributed by atoms with Crippen molar-refractivity contribution in [1.82, 2.24) is 5.32 Å². The number of para-hydroxylation sites is 1. The van der Waals surface area contributed by atoms with Crippen molar-refractivity contribution in [2.45, 2.75) is 52.3 Å². The lowest BCUT2D eigenvalue weighted by Gasteiger charge is -2.20. The van der Waals surface area contributed by atoms with Gasteiger partial charge in [0.15, 0.2) is 17.6 Å². The molecule has 0 radical (unpaired) electrons. The van der Waals surface area contributed by atoms with Crippen LogP contribution in [0.1, 0.15) is 39.2 Å². The van der Waals surface area contributed by atoms with Crippen LogP contribution in [0.3, 0.4) is 0 Å². The summed E-state index contributed by atoms with van der Waals surface area (Å²) in [6.45, 7) is 6.64. The van der Waals surface area contributed by atoms with Crippen molar-refractivity contribution in [2.24, 2.45) is 0 Å². The van der Waals surface area contributed by atoms with Crippen LogP contribution in [-0.2, 0) is 11.3 Å². The first kappa shape index (κ1) is 17.3. The number of carboxylic acid groups (broad SMARTS) is 1. The molecule has 0 saturated carbocycles. The number of hydrogen-bond acceptors (Lipinski definition) is 4. The summed E-state index contributed by atoms with van der Waals surface area (Å²) in [5.74, 6) is 0.111. The van der Waals surface area contributed by atoms with Crippen molar-refractivity contribution >= 4 is 5.97 Å². The van der Waals surface area contributed by atoms with E-state index >= 15 is 0 Å². The summed E-state index contributed by atoms with van der Waals surface area (Å²) in [5, 5.41) is 12.6. The van der Waals surface area contributed by atoms with E-state index in [0.29, 0.717) is 30.5 Å². The highest BCUT2D eigenvalue weighted by Crippen LogP contribution is 2.32. The molecule has 0 spiro atoms. The van der Waals surface area contributed by atoms with Gasteiger partial charge in [-0.2, -0.15) is 0 Å². The van der Waals surface area contributed by atoms with Crippen molar-refractivity contribution < 1.29 is 19.4 Å². The van der Waals surface area contributed by atoms with Crippen molar-refractivity contribution in [3.63, 3.8) is 0 Å². The molecule has 1 rings (SSSR count). The van der Waals surface area contributed by atoms with Gasteiger partial charge in [-0.3, -0.25) is 0 Å². The smallest absolute Gasteiger partial charge is 0.344 e. The van der Waals surface area contributed by atoms with Gasteiger partial charge in [-0.25, -0.2) is 4.79 Å². The Bertz CT molecular complexity index is 460.